The van der Waals surface area contributed by atoms with E-state index in [0.717, 1.165) is 13.0 Å². The largest absolute Gasteiger partial charge is 0.348 e. The molecule has 0 saturated heterocycles. The zero-order chi connectivity index (χ0) is 8.48. The first-order valence-corrected chi connectivity index (χ1v) is 4.30. The molecule has 0 bridgehead atoms. The van der Waals surface area contributed by atoms with Crippen LogP contribution in [0.25, 0.3) is 0 Å². The molecule has 2 heteroatoms. The third kappa shape index (κ3) is 1.62. The summed E-state index contributed by atoms with van der Waals surface area (Å²) in [4.78, 5) is 4.53. The van der Waals surface area contributed by atoms with Crippen LogP contribution in [0.2, 0.25) is 0 Å². The maximum Gasteiger partial charge on any atom is 0.158 e. The minimum Gasteiger partial charge on any atom is -0.348 e. The zero-order valence-electron chi connectivity index (χ0n) is 7.85. The molecule has 0 N–H and O–H groups in total. The first-order chi connectivity index (χ1) is 5.08. The number of aliphatic imine (C=N–C) groups is 1. The molecular weight excluding hydrogens is 138 g/mol. The molecule has 0 fully saturated rings. The van der Waals surface area contributed by atoms with E-state index in [2.05, 4.69) is 32.7 Å². The normalized spacial score (nSPS) is 31.2. The average Bonchev–Trinajstić information content (AvgIpc) is 2.33. The Bertz CT molecular complexity index is 174. The Hall–Kier alpha value is -0.370. The molecule has 2 nitrogen and oxygen atoms in total. The number of ether oxygens (including phenoxy) is 1. The topological polar surface area (TPSA) is 21.6 Å². The fourth-order valence-electron chi connectivity index (χ4n) is 1.08. The maximum absolute atomic E-state index is 5.60. The molecule has 0 amide bonds. The van der Waals surface area contributed by atoms with Gasteiger partial charge in [0.1, 0.15) is 0 Å². The van der Waals surface area contributed by atoms with Crippen LogP contribution >= 0.6 is 0 Å². The summed E-state index contributed by atoms with van der Waals surface area (Å²) in [6.45, 7) is 9.18. The van der Waals surface area contributed by atoms with Gasteiger partial charge in [0.2, 0.25) is 0 Å². The lowest BCUT2D eigenvalue weighted by Crippen LogP contribution is -2.28. The Morgan fingerprint density at radius 3 is 2.55 bits per heavy atom. The molecule has 64 valence electrons. The van der Waals surface area contributed by atoms with Crippen LogP contribution in [0, 0.1) is 5.92 Å². The highest BCUT2D eigenvalue weighted by atomic mass is 16.5. The second kappa shape index (κ2) is 2.94. The highest BCUT2D eigenvalue weighted by Gasteiger charge is 2.33. The van der Waals surface area contributed by atoms with Crippen molar-refractivity contribution in [3.8, 4) is 0 Å². The first-order valence-electron chi connectivity index (χ1n) is 4.30. The molecule has 0 spiro atoms. The molecular formula is C9H17NO. The van der Waals surface area contributed by atoms with E-state index in [1.54, 1.807) is 0 Å². The van der Waals surface area contributed by atoms with Gasteiger partial charge in [0.25, 0.3) is 0 Å². The molecule has 0 aromatic carbocycles. The quantitative estimate of drug-likeness (QED) is 0.599. The van der Waals surface area contributed by atoms with Crippen molar-refractivity contribution in [3.63, 3.8) is 0 Å². The van der Waals surface area contributed by atoms with Crippen LogP contribution in [-0.2, 0) is 4.74 Å². The third-order valence-electron chi connectivity index (χ3n) is 2.39. The summed E-state index contributed by atoms with van der Waals surface area (Å²) in [6, 6.07) is 0. The van der Waals surface area contributed by atoms with E-state index < -0.39 is 0 Å². The van der Waals surface area contributed by atoms with Crippen LogP contribution in [-0.4, -0.2) is 18.0 Å². The van der Waals surface area contributed by atoms with Crippen molar-refractivity contribution in [1.82, 2.24) is 0 Å². The zero-order valence-corrected chi connectivity index (χ0v) is 7.85. The molecule has 1 unspecified atom stereocenters. The molecule has 0 saturated carbocycles. The number of nitrogens with zero attached hydrogens (tertiary/aromatic N) is 1. The summed E-state index contributed by atoms with van der Waals surface area (Å²) in [6.07, 6.45) is 1.02. The van der Waals surface area contributed by atoms with Crippen LogP contribution < -0.4 is 0 Å². The summed E-state index contributed by atoms with van der Waals surface area (Å²) < 4.78 is 5.60. The van der Waals surface area contributed by atoms with Crippen LogP contribution in [0.15, 0.2) is 4.99 Å². The molecule has 0 aromatic heterocycles. The SMILES string of the molecule is CCC1=NC(C)(C(C)C)OC1. The van der Waals surface area contributed by atoms with E-state index >= 15 is 0 Å². The van der Waals surface area contributed by atoms with E-state index in [1.165, 1.54) is 5.71 Å². The van der Waals surface area contributed by atoms with Crippen molar-refractivity contribution in [2.75, 3.05) is 6.61 Å². The summed E-state index contributed by atoms with van der Waals surface area (Å²) >= 11 is 0. The van der Waals surface area contributed by atoms with Gasteiger partial charge >= 0.3 is 0 Å². The summed E-state index contributed by atoms with van der Waals surface area (Å²) in [5, 5.41) is 0. The van der Waals surface area contributed by atoms with Gasteiger partial charge in [0, 0.05) is 11.6 Å². The van der Waals surface area contributed by atoms with E-state index in [-0.39, 0.29) is 5.72 Å². The second-order valence-electron chi connectivity index (χ2n) is 3.53. The Kier molecular flexibility index (Phi) is 2.33. The number of hydrogen-bond acceptors (Lipinski definition) is 2. The minimum absolute atomic E-state index is 0.245. The predicted molar refractivity (Wildman–Crippen MR) is 46.9 cm³/mol. The number of rotatable bonds is 2. The van der Waals surface area contributed by atoms with Crippen LogP contribution in [0.3, 0.4) is 0 Å². The van der Waals surface area contributed by atoms with E-state index in [1.807, 2.05) is 0 Å². The lowest BCUT2D eigenvalue weighted by molar-refractivity contribution is -0.0214. The van der Waals surface area contributed by atoms with Crippen molar-refractivity contribution < 1.29 is 4.74 Å². The molecule has 1 heterocycles. The van der Waals surface area contributed by atoms with Crippen molar-refractivity contribution in [1.29, 1.82) is 0 Å². The van der Waals surface area contributed by atoms with Gasteiger partial charge in [-0.3, -0.25) is 4.99 Å². The lowest BCUT2D eigenvalue weighted by atomic mass is 10.0. The molecule has 1 aliphatic heterocycles. The maximum atomic E-state index is 5.60. The Morgan fingerprint density at radius 1 is 1.64 bits per heavy atom. The Labute approximate surface area is 68.7 Å². The van der Waals surface area contributed by atoms with Crippen LogP contribution in [0.1, 0.15) is 34.1 Å². The summed E-state index contributed by atoms with van der Waals surface area (Å²) in [5.41, 5.74) is 0.951. The first kappa shape index (κ1) is 8.72. The summed E-state index contributed by atoms with van der Waals surface area (Å²) in [5.74, 6) is 0.464. The van der Waals surface area contributed by atoms with E-state index in [0.29, 0.717) is 5.92 Å². The van der Waals surface area contributed by atoms with Crippen molar-refractivity contribution in [3.05, 3.63) is 0 Å². The van der Waals surface area contributed by atoms with E-state index in [4.69, 9.17) is 4.74 Å². The molecule has 0 radical (unpaired) electrons. The standard InChI is InChI=1S/C9H17NO/c1-5-8-6-11-9(4,10-8)7(2)3/h7H,5-6H2,1-4H3. The smallest absolute Gasteiger partial charge is 0.158 e. The molecule has 11 heavy (non-hydrogen) atoms. The highest BCUT2D eigenvalue weighted by Crippen LogP contribution is 2.27. The highest BCUT2D eigenvalue weighted by molar-refractivity contribution is 5.86. The fourth-order valence-corrected chi connectivity index (χ4v) is 1.08. The molecule has 0 aromatic rings. The fraction of sp³-hybridized carbons (Fsp3) is 0.889. The lowest BCUT2D eigenvalue weighted by Gasteiger charge is -2.24. The van der Waals surface area contributed by atoms with E-state index in [9.17, 15) is 0 Å². The van der Waals surface area contributed by atoms with Gasteiger partial charge in [0.05, 0.1) is 6.61 Å². The summed E-state index contributed by atoms with van der Waals surface area (Å²) in [7, 11) is 0. The average molecular weight is 155 g/mol. The molecule has 1 atom stereocenters. The van der Waals surface area contributed by atoms with Gasteiger partial charge in [-0.2, -0.15) is 0 Å². The van der Waals surface area contributed by atoms with Crippen molar-refractivity contribution >= 4 is 5.71 Å². The van der Waals surface area contributed by atoms with Gasteiger partial charge in [-0.05, 0) is 13.3 Å². The number of hydrogen-bond donors (Lipinski definition) is 0. The Morgan fingerprint density at radius 2 is 2.27 bits per heavy atom. The minimum atomic E-state index is -0.245. The monoisotopic (exact) mass is 155 g/mol. The van der Waals surface area contributed by atoms with Crippen molar-refractivity contribution in [2.45, 2.75) is 39.8 Å². The van der Waals surface area contributed by atoms with Gasteiger partial charge in [-0.15, -0.1) is 0 Å². The van der Waals surface area contributed by atoms with Gasteiger partial charge in [0.15, 0.2) is 5.72 Å². The third-order valence-corrected chi connectivity index (χ3v) is 2.39. The van der Waals surface area contributed by atoms with Gasteiger partial charge in [-0.25, -0.2) is 0 Å². The van der Waals surface area contributed by atoms with Crippen molar-refractivity contribution in [2.24, 2.45) is 10.9 Å². The molecule has 1 aliphatic rings. The van der Waals surface area contributed by atoms with Gasteiger partial charge in [-0.1, -0.05) is 20.8 Å². The second-order valence-corrected chi connectivity index (χ2v) is 3.53. The van der Waals surface area contributed by atoms with Gasteiger partial charge < -0.3 is 4.74 Å². The van der Waals surface area contributed by atoms with Crippen LogP contribution in [0.5, 0.6) is 0 Å². The molecule has 1 rings (SSSR count). The van der Waals surface area contributed by atoms with Crippen LogP contribution in [0.4, 0.5) is 0 Å². The predicted octanol–water partition coefficient (Wildman–Crippen LogP) is 2.24. The molecule has 0 aliphatic carbocycles. The Balaban J connectivity index is 2.70.